The van der Waals surface area contributed by atoms with Crippen LogP contribution in [0.2, 0.25) is 5.02 Å². The third-order valence-corrected chi connectivity index (χ3v) is 5.16. The van der Waals surface area contributed by atoms with Crippen LogP contribution in [-0.2, 0) is 4.74 Å². The lowest BCUT2D eigenvalue weighted by Gasteiger charge is -2.27. The second kappa shape index (κ2) is 7.05. The van der Waals surface area contributed by atoms with Crippen molar-refractivity contribution in [3.63, 3.8) is 0 Å². The average molecular weight is 353 g/mol. The van der Waals surface area contributed by atoms with Gasteiger partial charge in [-0.25, -0.2) is 9.69 Å². The van der Waals surface area contributed by atoms with Crippen molar-refractivity contribution >= 4 is 35.0 Å². The van der Waals surface area contributed by atoms with E-state index in [2.05, 4.69) is 5.32 Å². The highest BCUT2D eigenvalue weighted by atomic mass is 35.5. The summed E-state index contributed by atoms with van der Waals surface area (Å²) >= 11 is 11.2. The number of nitrogens with zero attached hydrogens (tertiary/aromatic N) is 1. The highest BCUT2D eigenvalue weighted by molar-refractivity contribution is 7.80. The minimum absolute atomic E-state index is 0.146. The van der Waals surface area contributed by atoms with Crippen LogP contribution in [0.15, 0.2) is 24.3 Å². The van der Waals surface area contributed by atoms with Gasteiger partial charge in [0.05, 0.1) is 6.04 Å². The number of hydrogen-bond acceptors (Lipinski definition) is 3. The molecule has 1 N–H and O–H groups in total. The van der Waals surface area contributed by atoms with E-state index in [0.29, 0.717) is 5.02 Å². The molecule has 1 aromatic rings. The Morgan fingerprint density at radius 2 is 1.91 bits per heavy atom. The summed E-state index contributed by atoms with van der Waals surface area (Å²) in [5.41, 5.74) is 0.970. The lowest BCUT2D eigenvalue weighted by Crippen LogP contribution is -2.48. The molecule has 3 rings (SSSR count). The standard InChI is InChI=1S/C17H21ClN2O2S/c1-11-15(12-7-9-13(18)10-8-12)22-17(23)20(11)16(21)19-14-5-3-2-4-6-14/h7-11,14-15H,2-6H2,1H3,(H,19,21). The monoisotopic (exact) mass is 352 g/mol. The van der Waals surface area contributed by atoms with Crippen LogP contribution in [0.1, 0.15) is 50.7 Å². The van der Waals surface area contributed by atoms with E-state index in [0.717, 1.165) is 18.4 Å². The number of benzene rings is 1. The van der Waals surface area contributed by atoms with E-state index in [-0.39, 0.29) is 29.4 Å². The third kappa shape index (κ3) is 3.61. The van der Waals surface area contributed by atoms with E-state index in [1.807, 2.05) is 31.2 Å². The molecule has 0 radical (unpaired) electrons. The van der Waals surface area contributed by atoms with Crippen LogP contribution in [0.5, 0.6) is 0 Å². The zero-order chi connectivity index (χ0) is 16.4. The first kappa shape index (κ1) is 16.5. The molecule has 4 nitrogen and oxygen atoms in total. The SMILES string of the molecule is CC1C(c2ccc(Cl)cc2)OC(=S)N1C(=O)NC1CCCCC1. The predicted octanol–water partition coefficient (Wildman–Crippen LogP) is 4.43. The average Bonchev–Trinajstić information content (AvgIpc) is 2.84. The van der Waals surface area contributed by atoms with Crippen molar-refractivity contribution < 1.29 is 9.53 Å². The van der Waals surface area contributed by atoms with Crippen molar-refractivity contribution in [2.75, 3.05) is 0 Å². The molecule has 124 valence electrons. The van der Waals surface area contributed by atoms with Crippen LogP contribution in [0.25, 0.3) is 0 Å². The summed E-state index contributed by atoms with van der Waals surface area (Å²) < 4.78 is 5.78. The lowest BCUT2D eigenvalue weighted by atomic mass is 9.96. The summed E-state index contributed by atoms with van der Waals surface area (Å²) in [5, 5.41) is 4.02. The lowest BCUT2D eigenvalue weighted by molar-refractivity contribution is 0.188. The molecule has 2 fully saturated rings. The Morgan fingerprint density at radius 3 is 2.57 bits per heavy atom. The van der Waals surface area contributed by atoms with Crippen LogP contribution in [-0.4, -0.2) is 28.2 Å². The Hall–Kier alpha value is -1.33. The quantitative estimate of drug-likeness (QED) is 0.800. The van der Waals surface area contributed by atoms with Crippen LogP contribution < -0.4 is 5.32 Å². The fourth-order valence-corrected chi connectivity index (χ4v) is 3.80. The molecule has 23 heavy (non-hydrogen) atoms. The summed E-state index contributed by atoms with van der Waals surface area (Å²) in [6.07, 6.45) is 5.44. The van der Waals surface area contributed by atoms with Gasteiger partial charge in [-0.1, -0.05) is 43.0 Å². The summed E-state index contributed by atoms with van der Waals surface area (Å²) in [7, 11) is 0. The smallest absolute Gasteiger partial charge is 0.325 e. The molecule has 1 aromatic carbocycles. The molecular formula is C17H21ClN2O2S. The van der Waals surface area contributed by atoms with E-state index in [1.165, 1.54) is 19.3 Å². The summed E-state index contributed by atoms with van der Waals surface area (Å²) in [6.45, 7) is 1.96. The van der Waals surface area contributed by atoms with E-state index in [9.17, 15) is 4.79 Å². The second-order valence-corrected chi connectivity index (χ2v) is 7.04. The van der Waals surface area contributed by atoms with E-state index >= 15 is 0 Å². The number of urea groups is 1. The molecule has 1 saturated heterocycles. The van der Waals surface area contributed by atoms with Crippen molar-refractivity contribution in [1.82, 2.24) is 10.2 Å². The molecule has 1 saturated carbocycles. The Balaban J connectivity index is 1.69. The fraction of sp³-hybridized carbons (Fsp3) is 0.529. The minimum atomic E-state index is -0.253. The normalized spacial score (nSPS) is 25.3. The maximum Gasteiger partial charge on any atom is 0.325 e. The zero-order valence-electron chi connectivity index (χ0n) is 13.1. The molecule has 6 heteroatoms. The van der Waals surface area contributed by atoms with Crippen LogP contribution >= 0.6 is 23.8 Å². The minimum Gasteiger partial charge on any atom is -0.460 e. The number of hydrogen-bond donors (Lipinski definition) is 1. The number of halogens is 1. The second-order valence-electron chi connectivity index (χ2n) is 6.25. The first-order chi connectivity index (χ1) is 11.1. The number of thiocarbonyl (C=S) groups is 1. The highest BCUT2D eigenvalue weighted by Gasteiger charge is 2.41. The van der Waals surface area contributed by atoms with Crippen LogP contribution in [0, 0.1) is 0 Å². The zero-order valence-corrected chi connectivity index (χ0v) is 14.7. The first-order valence-corrected chi connectivity index (χ1v) is 8.90. The molecule has 2 unspecified atom stereocenters. The maximum absolute atomic E-state index is 12.6. The van der Waals surface area contributed by atoms with Gasteiger partial charge in [0.1, 0.15) is 6.10 Å². The number of amides is 2. The van der Waals surface area contributed by atoms with Gasteiger partial charge in [-0.3, -0.25) is 0 Å². The summed E-state index contributed by atoms with van der Waals surface area (Å²) in [4.78, 5) is 14.2. The van der Waals surface area contributed by atoms with Gasteiger partial charge in [0.25, 0.3) is 5.17 Å². The molecule has 1 heterocycles. The molecule has 0 aromatic heterocycles. The van der Waals surface area contributed by atoms with Gasteiger partial charge in [0, 0.05) is 11.1 Å². The molecule has 0 bridgehead atoms. The molecule has 1 aliphatic carbocycles. The van der Waals surface area contributed by atoms with E-state index < -0.39 is 0 Å². The number of nitrogens with one attached hydrogen (secondary N) is 1. The van der Waals surface area contributed by atoms with Gasteiger partial charge < -0.3 is 10.1 Å². The summed E-state index contributed by atoms with van der Waals surface area (Å²) in [5.74, 6) is 0. The van der Waals surface area contributed by atoms with Gasteiger partial charge in [0.15, 0.2) is 0 Å². The van der Waals surface area contributed by atoms with Gasteiger partial charge in [-0.05, 0) is 49.7 Å². The maximum atomic E-state index is 12.6. The molecule has 2 atom stereocenters. The molecule has 1 aliphatic heterocycles. The van der Waals surface area contributed by atoms with E-state index in [4.69, 9.17) is 28.6 Å². The van der Waals surface area contributed by atoms with Crippen molar-refractivity contribution in [2.45, 2.75) is 57.2 Å². The Bertz CT molecular complexity index is 587. The van der Waals surface area contributed by atoms with Gasteiger partial charge in [0.2, 0.25) is 0 Å². The summed E-state index contributed by atoms with van der Waals surface area (Å²) in [6, 6.07) is 7.42. The van der Waals surface area contributed by atoms with Gasteiger partial charge in [-0.2, -0.15) is 0 Å². The third-order valence-electron chi connectivity index (χ3n) is 4.62. The first-order valence-electron chi connectivity index (χ1n) is 8.12. The van der Waals surface area contributed by atoms with Crippen molar-refractivity contribution in [2.24, 2.45) is 0 Å². The molecule has 2 aliphatic rings. The molecule has 0 spiro atoms. The largest absolute Gasteiger partial charge is 0.460 e. The number of carbonyl (C=O) groups is 1. The van der Waals surface area contributed by atoms with Crippen LogP contribution in [0.3, 0.4) is 0 Å². The van der Waals surface area contributed by atoms with Crippen molar-refractivity contribution in [1.29, 1.82) is 0 Å². The number of rotatable bonds is 2. The Kier molecular flexibility index (Phi) is 5.07. The highest BCUT2D eigenvalue weighted by Crippen LogP contribution is 2.33. The topological polar surface area (TPSA) is 41.6 Å². The fourth-order valence-electron chi connectivity index (χ4n) is 3.32. The van der Waals surface area contributed by atoms with Gasteiger partial charge >= 0.3 is 6.03 Å². The predicted molar refractivity (Wildman–Crippen MR) is 94.6 cm³/mol. The number of carbonyl (C=O) groups excluding carboxylic acids is 1. The van der Waals surface area contributed by atoms with Crippen molar-refractivity contribution in [3.05, 3.63) is 34.9 Å². The Morgan fingerprint density at radius 1 is 1.26 bits per heavy atom. The molecule has 2 amide bonds. The van der Waals surface area contributed by atoms with Gasteiger partial charge in [-0.15, -0.1) is 0 Å². The van der Waals surface area contributed by atoms with Crippen LogP contribution in [0.4, 0.5) is 4.79 Å². The number of ether oxygens (including phenoxy) is 1. The molecular weight excluding hydrogens is 332 g/mol. The Labute approximate surface area is 147 Å². The van der Waals surface area contributed by atoms with E-state index in [1.54, 1.807) is 4.90 Å². The van der Waals surface area contributed by atoms with Crippen molar-refractivity contribution in [3.8, 4) is 0 Å².